The number of benzene rings is 2. The second-order valence-corrected chi connectivity index (χ2v) is 8.72. The summed E-state index contributed by atoms with van der Waals surface area (Å²) >= 11 is 0. The van der Waals surface area contributed by atoms with E-state index in [9.17, 15) is 8.42 Å². The highest BCUT2D eigenvalue weighted by Gasteiger charge is 2.20. The minimum Gasteiger partial charge on any atom is -0.276 e. The van der Waals surface area contributed by atoms with Crippen molar-refractivity contribution in [2.24, 2.45) is 0 Å². The molecule has 0 spiro atoms. The Bertz CT molecular complexity index is 1020. The minimum atomic E-state index is -3.66. The molecule has 0 atom stereocenters. The monoisotopic (exact) mass is 397 g/mol. The maximum Gasteiger partial charge on any atom is 0.262 e. The van der Waals surface area contributed by atoms with E-state index in [-0.39, 0.29) is 4.90 Å². The standard InChI is InChI=1S/C22H27N3O2S/c1-4-5-9-19-12-14-21(15-13-19)28(26,27)24-22-17(2)23-25(18(22)3)16-20-10-7-6-8-11-20/h6-8,10-15,24H,4-5,9,16H2,1-3H3. The third-order valence-corrected chi connectivity index (χ3v) is 6.21. The van der Waals surface area contributed by atoms with Crippen LogP contribution < -0.4 is 4.72 Å². The van der Waals surface area contributed by atoms with Gasteiger partial charge in [0.1, 0.15) is 0 Å². The Kier molecular flexibility index (Phi) is 6.19. The number of hydrogen-bond acceptors (Lipinski definition) is 3. The van der Waals surface area contributed by atoms with Crippen LogP contribution >= 0.6 is 0 Å². The van der Waals surface area contributed by atoms with Crippen molar-refractivity contribution in [3.8, 4) is 0 Å². The molecule has 0 saturated heterocycles. The molecule has 0 saturated carbocycles. The van der Waals surface area contributed by atoms with E-state index in [4.69, 9.17) is 0 Å². The molecule has 0 aliphatic carbocycles. The van der Waals surface area contributed by atoms with Crippen LogP contribution in [0.15, 0.2) is 59.5 Å². The Morgan fingerprint density at radius 3 is 2.29 bits per heavy atom. The van der Waals surface area contributed by atoms with Crippen LogP contribution in [-0.2, 0) is 23.0 Å². The van der Waals surface area contributed by atoms with Crippen molar-refractivity contribution >= 4 is 15.7 Å². The van der Waals surface area contributed by atoms with Gasteiger partial charge in [-0.25, -0.2) is 8.42 Å². The van der Waals surface area contributed by atoms with E-state index < -0.39 is 10.0 Å². The van der Waals surface area contributed by atoms with Gasteiger partial charge in [-0.2, -0.15) is 5.10 Å². The summed E-state index contributed by atoms with van der Waals surface area (Å²) in [6.45, 7) is 6.45. The quantitative estimate of drug-likeness (QED) is 0.600. The van der Waals surface area contributed by atoms with Gasteiger partial charge in [0, 0.05) is 0 Å². The summed E-state index contributed by atoms with van der Waals surface area (Å²) in [5.74, 6) is 0. The molecule has 3 rings (SSSR count). The number of unbranched alkanes of at least 4 members (excludes halogenated alkanes) is 1. The highest BCUT2D eigenvalue weighted by molar-refractivity contribution is 7.92. The molecule has 0 radical (unpaired) electrons. The van der Waals surface area contributed by atoms with E-state index in [0.717, 1.165) is 36.1 Å². The van der Waals surface area contributed by atoms with Crippen LogP contribution in [0.1, 0.15) is 42.3 Å². The Morgan fingerprint density at radius 2 is 1.64 bits per heavy atom. The molecule has 3 aromatic rings. The minimum absolute atomic E-state index is 0.266. The van der Waals surface area contributed by atoms with Crippen LogP contribution in [0.4, 0.5) is 5.69 Å². The second-order valence-electron chi connectivity index (χ2n) is 7.04. The van der Waals surface area contributed by atoms with Crippen molar-refractivity contribution in [3.63, 3.8) is 0 Å². The molecular weight excluding hydrogens is 370 g/mol. The molecule has 6 heteroatoms. The fourth-order valence-electron chi connectivity index (χ4n) is 3.16. The lowest BCUT2D eigenvalue weighted by Gasteiger charge is -2.10. The van der Waals surface area contributed by atoms with Gasteiger partial charge in [0.2, 0.25) is 0 Å². The SMILES string of the molecule is CCCCc1ccc(S(=O)(=O)Nc2c(C)nn(Cc3ccccc3)c2C)cc1. The van der Waals surface area contributed by atoms with Gasteiger partial charge >= 0.3 is 0 Å². The van der Waals surface area contributed by atoms with Crippen LogP contribution in [0, 0.1) is 13.8 Å². The summed E-state index contributed by atoms with van der Waals surface area (Å²) in [7, 11) is -3.66. The van der Waals surface area contributed by atoms with Crippen molar-refractivity contribution in [1.82, 2.24) is 9.78 Å². The molecule has 1 aromatic heterocycles. The van der Waals surface area contributed by atoms with E-state index >= 15 is 0 Å². The van der Waals surface area contributed by atoms with Gasteiger partial charge in [-0.3, -0.25) is 9.40 Å². The predicted octanol–water partition coefficient (Wildman–Crippen LogP) is 4.69. The Hall–Kier alpha value is -2.60. The zero-order valence-electron chi connectivity index (χ0n) is 16.6. The molecule has 0 fully saturated rings. The van der Waals surface area contributed by atoms with Crippen LogP contribution in [0.5, 0.6) is 0 Å². The molecular formula is C22H27N3O2S. The molecule has 148 valence electrons. The normalized spacial score (nSPS) is 11.5. The summed E-state index contributed by atoms with van der Waals surface area (Å²) in [5, 5.41) is 4.52. The molecule has 1 N–H and O–H groups in total. The second kappa shape index (κ2) is 8.61. The van der Waals surface area contributed by atoms with Crippen LogP contribution in [-0.4, -0.2) is 18.2 Å². The zero-order chi connectivity index (χ0) is 20.1. The molecule has 0 aliphatic heterocycles. The van der Waals surface area contributed by atoms with Crippen LogP contribution in [0.2, 0.25) is 0 Å². The van der Waals surface area contributed by atoms with E-state index in [0.29, 0.717) is 17.9 Å². The molecule has 0 bridgehead atoms. The van der Waals surface area contributed by atoms with Gasteiger partial charge in [0.05, 0.1) is 28.5 Å². The smallest absolute Gasteiger partial charge is 0.262 e. The Morgan fingerprint density at radius 1 is 0.964 bits per heavy atom. The Balaban J connectivity index is 1.80. The van der Waals surface area contributed by atoms with E-state index in [1.54, 1.807) is 12.1 Å². The van der Waals surface area contributed by atoms with Gasteiger partial charge in [0.15, 0.2) is 0 Å². The zero-order valence-corrected chi connectivity index (χ0v) is 17.5. The highest BCUT2D eigenvalue weighted by atomic mass is 32.2. The average Bonchev–Trinajstić information content (AvgIpc) is 2.94. The fraction of sp³-hybridized carbons (Fsp3) is 0.318. The maximum absolute atomic E-state index is 12.9. The molecule has 28 heavy (non-hydrogen) atoms. The molecule has 1 heterocycles. The number of anilines is 1. The van der Waals surface area contributed by atoms with Crippen molar-refractivity contribution in [3.05, 3.63) is 77.1 Å². The van der Waals surface area contributed by atoms with Crippen molar-refractivity contribution in [1.29, 1.82) is 0 Å². The number of nitrogens with zero attached hydrogens (tertiary/aromatic N) is 2. The topological polar surface area (TPSA) is 64.0 Å². The molecule has 5 nitrogen and oxygen atoms in total. The summed E-state index contributed by atoms with van der Waals surface area (Å²) in [6, 6.07) is 17.1. The predicted molar refractivity (Wildman–Crippen MR) is 113 cm³/mol. The lowest BCUT2D eigenvalue weighted by Crippen LogP contribution is -2.14. The van der Waals surface area contributed by atoms with Gasteiger partial charge in [-0.05, 0) is 49.9 Å². The molecule has 0 unspecified atom stereocenters. The summed E-state index contributed by atoms with van der Waals surface area (Å²) in [5.41, 5.74) is 4.28. The molecule has 2 aromatic carbocycles. The van der Waals surface area contributed by atoms with Gasteiger partial charge in [0.25, 0.3) is 10.0 Å². The summed E-state index contributed by atoms with van der Waals surface area (Å²) < 4.78 is 30.3. The highest BCUT2D eigenvalue weighted by Crippen LogP contribution is 2.24. The lowest BCUT2D eigenvalue weighted by atomic mass is 10.1. The first-order valence-electron chi connectivity index (χ1n) is 9.60. The van der Waals surface area contributed by atoms with E-state index in [1.165, 1.54) is 0 Å². The third kappa shape index (κ3) is 4.62. The summed E-state index contributed by atoms with van der Waals surface area (Å²) in [4.78, 5) is 0.266. The molecule has 0 amide bonds. The average molecular weight is 398 g/mol. The fourth-order valence-corrected chi connectivity index (χ4v) is 4.34. The lowest BCUT2D eigenvalue weighted by molar-refractivity contribution is 0.601. The first-order chi connectivity index (χ1) is 13.4. The van der Waals surface area contributed by atoms with Crippen molar-refractivity contribution < 1.29 is 8.42 Å². The van der Waals surface area contributed by atoms with Crippen LogP contribution in [0.25, 0.3) is 0 Å². The Labute approximate surface area is 167 Å². The first kappa shape index (κ1) is 20.1. The van der Waals surface area contributed by atoms with Gasteiger partial charge in [-0.1, -0.05) is 55.8 Å². The van der Waals surface area contributed by atoms with E-state index in [2.05, 4.69) is 16.7 Å². The van der Waals surface area contributed by atoms with Gasteiger partial charge in [-0.15, -0.1) is 0 Å². The summed E-state index contributed by atoms with van der Waals surface area (Å²) in [6.07, 6.45) is 3.19. The van der Waals surface area contributed by atoms with E-state index in [1.807, 2.05) is 61.0 Å². The van der Waals surface area contributed by atoms with Crippen LogP contribution in [0.3, 0.4) is 0 Å². The molecule has 0 aliphatic rings. The van der Waals surface area contributed by atoms with Crippen molar-refractivity contribution in [2.75, 3.05) is 4.72 Å². The third-order valence-electron chi connectivity index (χ3n) is 4.85. The number of aromatic nitrogens is 2. The largest absolute Gasteiger partial charge is 0.276 e. The van der Waals surface area contributed by atoms with Gasteiger partial charge < -0.3 is 0 Å². The van der Waals surface area contributed by atoms with Crippen molar-refractivity contribution in [2.45, 2.75) is 51.5 Å². The number of sulfonamides is 1. The number of rotatable bonds is 8. The maximum atomic E-state index is 12.9. The number of aryl methyl sites for hydroxylation is 2. The number of hydrogen-bond donors (Lipinski definition) is 1. The first-order valence-corrected chi connectivity index (χ1v) is 11.1. The number of nitrogens with one attached hydrogen (secondary N) is 1.